The lowest BCUT2D eigenvalue weighted by atomic mass is 9.90. The van der Waals surface area contributed by atoms with E-state index < -0.39 is 0 Å². The second-order valence-electron chi connectivity index (χ2n) is 5.23. The molecule has 18 heavy (non-hydrogen) atoms. The lowest BCUT2D eigenvalue weighted by Gasteiger charge is -2.25. The van der Waals surface area contributed by atoms with E-state index in [2.05, 4.69) is 35.0 Å². The van der Waals surface area contributed by atoms with Crippen LogP contribution in [0.1, 0.15) is 24.5 Å². The van der Waals surface area contributed by atoms with Gasteiger partial charge in [-0.15, -0.1) is 0 Å². The number of hydrogen-bond donors (Lipinski definition) is 1. The molecule has 0 aliphatic carbocycles. The van der Waals surface area contributed by atoms with E-state index in [9.17, 15) is 0 Å². The minimum absolute atomic E-state index is 0.267. The van der Waals surface area contributed by atoms with Crippen molar-refractivity contribution in [3.05, 3.63) is 27.7 Å². The van der Waals surface area contributed by atoms with Crippen LogP contribution in [-0.4, -0.2) is 25.9 Å². The van der Waals surface area contributed by atoms with Crippen molar-refractivity contribution in [2.75, 3.05) is 20.3 Å². The lowest BCUT2D eigenvalue weighted by molar-refractivity contribution is 0.171. The van der Waals surface area contributed by atoms with Gasteiger partial charge in [-0.1, -0.05) is 15.9 Å². The highest BCUT2D eigenvalue weighted by molar-refractivity contribution is 9.10. The van der Waals surface area contributed by atoms with Crippen molar-refractivity contribution >= 4 is 15.9 Å². The zero-order valence-corrected chi connectivity index (χ0v) is 12.5. The zero-order chi connectivity index (χ0) is 13.2. The Morgan fingerprint density at radius 1 is 1.50 bits per heavy atom. The molecule has 0 bridgehead atoms. The Bertz CT molecular complexity index is 432. The second kappa shape index (κ2) is 5.59. The third kappa shape index (κ3) is 3.25. The first kappa shape index (κ1) is 13.8. The van der Waals surface area contributed by atoms with Gasteiger partial charge in [-0.05, 0) is 43.0 Å². The van der Waals surface area contributed by atoms with Crippen LogP contribution in [0.15, 0.2) is 16.6 Å². The molecule has 100 valence electrons. The molecule has 2 rings (SSSR count). The summed E-state index contributed by atoms with van der Waals surface area (Å²) in [6.07, 6.45) is 2.63. The lowest BCUT2D eigenvalue weighted by Crippen LogP contribution is -2.39. The van der Waals surface area contributed by atoms with Crippen molar-refractivity contribution in [1.29, 1.82) is 0 Å². The third-order valence-corrected chi connectivity index (χ3v) is 3.75. The van der Waals surface area contributed by atoms with E-state index in [0.717, 1.165) is 36.1 Å². The van der Waals surface area contributed by atoms with Crippen molar-refractivity contribution in [2.45, 2.75) is 31.7 Å². The van der Waals surface area contributed by atoms with Gasteiger partial charge in [0, 0.05) is 30.1 Å². The predicted molar refractivity (Wildman–Crippen MR) is 76.1 cm³/mol. The summed E-state index contributed by atoms with van der Waals surface area (Å²) >= 11 is 3.55. The number of methoxy groups -OCH3 is 1. The molecule has 1 heterocycles. The molecule has 0 saturated heterocycles. The number of benzene rings is 1. The van der Waals surface area contributed by atoms with E-state index in [-0.39, 0.29) is 5.54 Å². The summed E-state index contributed by atoms with van der Waals surface area (Å²) in [5.74, 6) is 1.03. The zero-order valence-electron chi connectivity index (χ0n) is 11.0. The molecular formula is C14H20BrNO2. The van der Waals surface area contributed by atoms with Crippen LogP contribution in [0.25, 0.3) is 0 Å². The van der Waals surface area contributed by atoms with E-state index in [4.69, 9.17) is 15.2 Å². The highest BCUT2D eigenvalue weighted by atomic mass is 79.9. The Balaban J connectivity index is 2.19. The molecule has 1 atom stereocenters. The minimum atomic E-state index is -0.267. The van der Waals surface area contributed by atoms with Crippen molar-refractivity contribution in [2.24, 2.45) is 5.73 Å². The maximum absolute atomic E-state index is 6.33. The van der Waals surface area contributed by atoms with E-state index in [1.165, 1.54) is 11.1 Å². The molecule has 4 heteroatoms. The highest BCUT2D eigenvalue weighted by Gasteiger charge is 2.24. The maximum atomic E-state index is 6.33. The van der Waals surface area contributed by atoms with Gasteiger partial charge in [-0.25, -0.2) is 0 Å². The fraction of sp³-hybridized carbons (Fsp3) is 0.571. The van der Waals surface area contributed by atoms with Crippen LogP contribution < -0.4 is 10.5 Å². The first-order chi connectivity index (χ1) is 8.52. The summed E-state index contributed by atoms with van der Waals surface area (Å²) in [5.41, 5.74) is 8.53. The summed E-state index contributed by atoms with van der Waals surface area (Å²) in [6, 6.07) is 4.25. The van der Waals surface area contributed by atoms with E-state index in [0.29, 0.717) is 6.61 Å². The van der Waals surface area contributed by atoms with Crippen LogP contribution in [-0.2, 0) is 17.6 Å². The van der Waals surface area contributed by atoms with Crippen LogP contribution in [0, 0.1) is 0 Å². The molecule has 1 unspecified atom stereocenters. The van der Waals surface area contributed by atoms with Crippen molar-refractivity contribution in [3.8, 4) is 5.75 Å². The summed E-state index contributed by atoms with van der Waals surface area (Å²) in [6.45, 7) is 3.52. The number of fused-ring (bicyclic) bond motifs is 1. The van der Waals surface area contributed by atoms with Gasteiger partial charge in [0.05, 0.1) is 6.61 Å². The van der Waals surface area contributed by atoms with Crippen LogP contribution in [0.5, 0.6) is 5.75 Å². The van der Waals surface area contributed by atoms with Crippen LogP contribution in [0.2, 0.25) is 0 Å². The van der Waals surface area contributed by atoms with Crippen LogP contribution in [0.4, 0.5) is 0 Å². The molecule has 1 aromatic carbocycles. The Kier molecular flexibility index (Phi) is 4.30. The van der Waals surface area contributed by atoms with Gasteiger partial charge in [0.15, 0.2) is 0 Å². The Morgan fingerprint density at radius 3 is 3.00 bits per heavy atom. The SMILES string of the molecule is COCCC(C)(N)Cc1cc(Br)cc2c1OCC2. The van der Waals surface area contributed by atoms with Gasteiger partial charge in [-0.3, -0.25) is 0 Å². The summed E-state index contributed by atoms with van der Waals surface area (Å²) in [4.78, 5) is 0. The van der Waals surface area contributed by atoms with E-state index in [1.54, 1.807) is 7.11 Å². The molecule has 0 amide bonds. The average molecular weight is 314 g/mol. The number of halogens is 1. The van der Waals surface area contributed by atoms with Gasteiger partial charge in [-0.2, -0.15) is 0 Å². The normalized spacial score (nSPS) is 17.1. The number of nitrogens with two attached hydrogens (primary N) is 1. The highest BCUT2D eigenvalue weighted by Crippen LogP contribution is 2.35. The molecular weight excluding hydrogens is 294 g/mol. The number of ether oxygens (including phenoxy) is 2. The quantitative estimate of drug-likeness (QED) is 0.909. The minimum Gasteiger partial charge on any atom is -0.493 e. The van der Waals surface area contributed by atoms with Gasteiger partial charge in [0.1, 0.15) is 5.75 Å². The smallest absolute Gasteiger partial charge is 0.125 e. The Labute approximate surface area is 117 Å². The fourth-order valence-electron chi connectivity index (χ4n) is 2.34. The molecule has 0 radical (unpaired) electrons. The van der Waals surface area contributed by atoms with Crippen LogP contribution in [0.3, 0.4) is 0 Å². The summed E-state index contributed by atoms with van der Waals surface area (Å²) < 4.78 is 11.9. The first-order valence-corrected chi connectivity index (χ1v) is 7.03. The number of hydrogen-bond acceptors (Lipinski definition) is 3. The average Bonchev–Trinajstić information content (AvgIpc) is 2.74. The Morgan fingerprint density at radius 2 is 2.28 bits per heavy atom. The summed E-state index contributed by atoms with van der Waals surface area (Å²) in [5, 5.41) is 0. The molecule has 0 spiro atoms. The second-order valence-corrected chi connectivity index (χ2v) is 6.14. The molecule has 3 nitrogen and oxygen atoms in total. The largest absolute Gasteiger partial charge is 0.493 e. The predicted octanol–water partition coefficient (Wildman–Crippen LogP) is 2.68. The summed E-state index contributed by atoms with van der Waals surface area (Å²) in [7, 11) is 1.70. The van der Waals surface area contributed by atoms with Crippen molar-refractivity contribution in [3.63, 3.8) is 0 Å². The Hall–Kier alpha value is -0.580. The molecule has 1 aliphatic rings. The van der Waals surface area contributed by atoms with Crippen molar-refractivity contribution < 1.29 is 9.47 Å². The molecule has 2 N–H and O–H groups in total. The maximum Gasteiger partial charge on any atom is 0.125 e. The monoisotopic (exact) mass is 313 g/mol. The molecule has 1 aromatic rings. The molecule has 0 fully saturated rings. The first-order valence-electron chi connectivity index (χ1n) is 6.24. The fourth-order valence-corrected chi connectivity index (χ4v) is 2.89. The topological polar surface area (TPSA) is 44.5 Å². The van der Waals surface area contributed by atoms with E-state index in [1.807, 2.05) is 0 Å². The van der Waals surface area contributed by atoms with Gasteiger partial charge < -0.3 is 15.2 Å². The molecule has 1 aliphatic heterocycles. The molecule has 0 aromatic heterocycles. The van der Waals surface area contributed by atoms with Gasteiger partial charge in [0.25, 0.3) is 0 Å². The van der Waals surface area contributed by atoms with Gasteiger partial charge >= 0.3 is 0 Å². The molecule has 0 saturated carbocycles. The van der Waals surface area contributed by atoms with Gasteiger partial charge in [0.2, 0.25) is 0 Å². The number of rotatable bonds is 5. The standard InChI is InChI=1S/C14H20BrNO2/c1-14(16,4-6-17-2)9-11-8-12(15)7-10-3-5-18-13(10)11/h7-8H,3-6,9,16H2,1-2H3. The van der Waals surface area contributed by atoms with Crippen molar-refractivity contribution in [1.82, 2.24) is 0 Å². The van der Waals surface area contributed by atoms with Crippen LogP contribution >= 0.6 is 15.9 Å². The van der Waals surface area contributed by atoms with E-state index >= 15 is 0 Å². The third-order valence-electron chi connectivity index (χ3n) is 3.30.